The molecule has 0 aliphatic carbocycles. The van der Waals surface area contributed by atoms with E-state index in [1.165, 1.54) is 0 Å². The normalized spacial score (nSPS) is 27.6. The SMILES string of the molecule is NC[C@@H]1COCCOCCOCCO1. The first-order valence-corrected chi connectivity index (χ1v) is 4.98. The second-order valence-corrected chi connectivity index (χ2v) is 3.03. The summed E-state index contributed by atoms with van der Waals surface area (Å²) in [5.74, 6) is 0. The average molecular weight is 205 g/mol. The van der Waals surface area contributed by atoms with E-state index >= 15 is 0 Å². The Labute approximate surface area is 84.4 Å². The van der Waals surface area contributed by atoms with Gasteiger partial charge >= 0.3 is 0 Å². The van der Waals surface area contributed by atoms with Gasteiger partial charge in [-0.15, -0.1) is 0 Å². The lowest BCUT2D eigenvalue weighted by Crippen LogP contribution is -2.31. The van der Waals surface area contributed by atoms with Gasteiger partial charge in [-0.25, -0.2) is 0 Å². The first kappa shape index (κ1) is 11.9. The predicted molar refractivity (Wildman–Crippen MR) is 51.3 cm³/mol. The molecule has 0 aromatic rings. The van der Waals surface area contributed by atoms with Gasteiger partial charge in [-0.3, -0.25) is 0 Å². The van der Waals surface area contributed by atoms with E-state index in [0.717, 1.165) is 0 Å². The summed E-state index contributed by atoms with van der Waals surface area (Å²) in [4.78, 5) is 0. The van der Waals surface area contributed by atoms with Crippen molar-refractivity contribution in [2.24, 2.45) is 5.73 Å². The Morgan fingerprint density at radius 2 is 1.43 bits per heavy atom. The Morgan fingerprint density at radius 3 is 2.07 bits per heavy atom. The van der Waals surface area contributed by atoms with Crippen LogP contribution < -0.4 is 5.73 Å². The zero-order chi connectivity index (χ0) is 10.1. The van der Waals surface area contributed by atoms with E-state index in [0.29, 0.717) is 52.8 Å². The summed E-state index contributed by atoms with van der Waals surface area (Å²) in [6.07, 6.45) is -0.0296. The average Bonchev–Trinajstić information content (AvgIpc) is 2.19. The van der Waals surface area contributed by atoms with Crippen LogP contribution in [0.15, 0.2) is 0 Å². The molecule has 0 radical (unpaired) electrons. The molecule has 5 heteroatoms. The predicted octanol–water partition coefficient (Wildman–Crippen LogP) is -0.606. The largest absolute Gasteiger partial charge is 0.377 e. The molecule has 0 aromatic carbocycles. The fourth-order valence-corrected chi connectivity index (χ4v) is 1.11. The van der Waals surface area contributed by atoms with E-state index in [1.54, 1.807) is 0 Å². The van der Waals surface area contributed by atoms with Gasteiger partial charge in [-0.1, -0.05) is 0 Å². The second kappa shape index (κ2) is 8.14. The third kappa shape index (κ3) is 5.51. The summed E-state index contributed by atoms with van der Waals surface area (Å²) < 4.78 is 21.3. The quantitative estimate of drug-likeness (QED) is 0.619. The van der Waals surface area contributed by atoms with Gasteiger partial charge in [-0.2, -0.15) is 0 Å². The summed E-state index contributed by atoms with van der Waals surface area (Å²) in [5.41, 5.74) is 5.51. The fraction of sp³-hybridized carbons (Fsp3) is 1.00. The van der Waals surface area contributed by atoms with E-state index in [4.69, 9.17) is 24.7 Å². The van der Waals surface area contributed by atoms with Crippen molar-refractivity contribution in [2.45, 2.75) is 6.10 Å². The van der Waals surface area contributed by atoms with E-state index in [9.17, 15) is 0 Å². The molecule has 2 N–H and O–H groups in total. The summed E-state index contributed by atoms with van der Waals surface area (Å²) >= 11 is 0. The summed E-state index contributed by atoms with van der Waals surface area (Å²) in [6.45, 7) is 4.55. The van der Waals surface area contributed by atoms with Crippen molar-refractivity contribution in [3.05, 3.63) is 0 Å². The van der Waals surface area contributed by atoms with E-state index in [-0.39, 0.29) is 6.10 Å². The lowest BCUT2D eigenvalue weighted by molar-refractivity contribution is -0.0633. The molecule has 0 aromatic heterocycles. The lowest BCUT2D eigenvalue weighted by atomic mass is 10.4. The third-order valence-corrected chi connectivity index (χ3v) is 1.89. The molecular formula is C9H19NO4. The molecule has 0 saturated carbocycles. The Hall–Kier alpha value is -0.200. The Balaban J connectivity index is 2.17. The molecule has 84 valence electrons. The van der Waals surface area contributed by atoms with Crippen LogP contribution in [0.3, 0.4) is 0 Å². The highest BCUT2D eigenvalue weighted by molar-refractivity contribution is 4.57. The topological polar surface area (TPSA) is 62.9 Å². The van der Waals surface area contributed by atoms with Crippen LogP contribution in [0.25, 0.3) is 0 Å². The van der Waals surface area contributed by atoms with E-state index in [2.05, 4.69) is 0 Å². The highest BCUT2D eigenvalue weighted by atomic mass is 16.6. The third-order valence-electron chi connectivity index (χ3n) is 1.89. The summed E-state index contributed by atoms with van der Waals surface area (Å²) in [5, 5.41) is 0. The van der Waals surface area contributed by atoms with Crippen molar-refractivity contribution in [1.29, 1.82) is 0 Å². The number of ether oxygens (including phenoxy) is 4. The molecule has 1 fully saturated rings. The van der Waals surface area contributed by atoms with Crippen molar-refractivity contribution in [2.75, 3.05) is 52.8 Å². The van der Waals surface area contributed by atoms with Crippen molar-refractivity contribution < 1.29 is 18.9 Å². The highest BCUT2D eigenvalue weighted by Gasteiger charge is 2.07. The van der Waals surface area contributed by atoms with Crippen molar-refractivity contribution in [1.82, 2.24) is 0 Å². The van der Waals surface area contributed by atoms with Crippen molar-refractivity contribution >= 4 is 0 Å². The second-order valence-electron chi connectivity index (χ2n) is 3.03. The molecule has 1 aliphatic rings. The molecule has 0 spiro atoms. The Morgan fingerprint density at radius 1 is 0.857 bits per heavy atom. The van der Waals surface area contributed by atoms with Gasteiger partial charge in [0, 0.05) is 6.54 Å². The molecule has 0 amide bonds. The smallest absolute Gasteiger partial charge is 0.0931 e. The fourth-order valence-electron chi connectivity index (χ4n) is 1.11. The van der Waals surface area contributed by atoms with Gasteiger partial charge in [0.25, 0.3) is 0 Å². The van der Waals surface area contributed by atoms with Crippen LogP contribution in [-0.2, 0) is 18.9 Å². The van der Waals surface area contributed by atoms with Crippen LogP contribution in [0.4, 0.5) is 0 Å². The molecule has 1 atom stereocenters. The number of rotatable bonds is 1. The molecule has 0 unspecified atom stereocenters. The summed E-state index contributed by atoms with van der Waals surface area (Å²) in [7, 11) is 0. The first-order chi connectivity index (χ1) is 6.93. The van der Waals surface area contributed by atoms with Crippen molar-refractivity contribution in [3.63, 3.8) is 0 Å². The number of hydrogen-bond donors (Lipinski definition) is 1. The zero-order valence-electron chi connectivity index (χ0n) is 8.44. The van der Waals surface area contributed by atoms with Gasteiger partial charge in [0.1, 0.15) is 0 Å². The minimum atomic E-state index is -0.0296. The minimum absolute atomic E-state index is 0.0296. The summed E-state index contributed by atoms with van der Waals surface area (Å²) in [6, 6.07) is 0. The molecule has 1 rings (SSSR count). The molecule has 0 bridgehead atoms. The minimum Gasteiger partial charge on any atom is -0.377 e. The standard InChI is InChI=1S/C9H19NO4/c10-7-9-8-13-4-3-11-1-2-12-5-6-14-9/h9H,1-8,10H2/t9-/m1/s1. The van der Waals surface area contributed by atoms with Crippen LogP contribution in [-0.4, -0.2) is 58.9 Å². The van der Waals surface area contributed by atoms with E-state index in [1.807, 2.05) is 0 Å². The van der Waals surface area contributed by atoms with Crippen LogP contribution in [0, 0.1) is 0 Å². The maximum absolute atomic E-state index is 5.51. The van der Waals surface area contributed by atoms with Gasteiger partial charge in [0.15, 0.2) is 0 Å². The zero-order valence-corrected chi connectivity index (χ0v) is 8.44. The van der Waals surface area contributed by atoms with Gasteiger partial charge in [0.2, 0.25) is 0 Å². The van der Waals surface area contributed by atoms with Crippen LogP contribution in [0.5, 0.6) is 0 Å². The number of hydrogen-bond acceptors (Lipinski definition) is 5. The Kier molecular flexibility index (Phi) is 6.90. The van der Waals surface area contributed by atoms with Crippen LogP contribution in [0.1, 0.15) is 0 Å². The maximum Gasteiger partial charge on any atom is 0.0931 e. The highest BCUT2D eigenvalue weighted by Crippen LogP contribution is 1.93. The molecule has 14 heavy (non-hydrogen) atoms. The Bertz CT molecular complexity index is 122. The van der Waals surface area contributed by atoms with Crippen molar-refractivity contribution in [3.8, 4) is 0 Å². The van der Waals surface area contributed by atoms with Gasteiger partial charge in [0.05, 0.1) is 52.4 Å². The van der Waals surface area contributed by atoms with Gasteiger partial charge in [-0.05, 0) is 0 Å². The molecular weight excluding hydrogens is 186 g/mol. The van der Waals surface area contributed by atoms with Gasteiger partial charge < -0.3 is 24.7 Å². The van der Waals surface area contributed by atoms with Crippen LogP contribution >= 0.6 is 0 Å². The number of nitrogens with two attached hydrogens (primary N) is 1. The van der Waals surface area contributed by atoms with Crippen LogP contribution in [0.2, 0.25) is 0 Å². The molecule has 1 heterocycles. The molecule has 1 aliphatic heterocycles. The first-order valence-electron chi connectivity index (χ1n) is 4.98. The van der Waals surface area contributed by atoms with E-state index < -0.39 is 0 Å². The lowest BCUT2D eigenvalue weighted by Gasteiger charge is -2.17. The monoisotopic (exact) mass is 205 g/mol. The molecule has 5 nitrogen and oxygen atoms in total. The maximum atomic E-state index is 5.51. The molecule has 1 saturated heterocycles.